The number of benzene rings is 1. The van der Waals surface area contributed by atoms with Gasteiger partial charge in [-0.25, -0.2) is 0 Å². The Kier molecular flexibility index (Phi) is 5.21. The number of carbonyl (C=O) groups excluding carboxylic acids is 1. The van der Waals surface area contributed by atoms with E-state index in [9.17, 15) is 4.79 Å². The van der Waals surface area contributed by atoms with Crippen molar-refractivity contribution in [3.63, 3.8) is 0 Å². The average molecular weight is 388 g/mol. The number of piperidine rings is 1. The van der Waals surface area contributed by atoms with Crippen molar-refractivity contribution in [3.05, 3.63) is 52.3 Å². The van der Waals surface area contributed by atoms with Gasteiger partial charge in [0.2, 0.25) is 0 Å². The van der Waals surface area contributed by atoms with E-state index in [1.165, 1.54) is 11.1 Å². The molecule has 2 aliphatic rings. The van der Waals surface area contributed by atoms with Crippen LogP contribution in [0.25, 0.3) is 0 Å². The van der Waals surface area contributed by atoms with Crippen molar-refractivity contribution in [3.8, 4) is 0 Å². The molecular weight excluding hydrogens is 362 g/mol. The summed E-state index contributed by atoms with van der Waals surface area (Å²) < 4.78 is 1.59. The minimum atomic E-state index is -0.0632. The molecule has 0 radical (unpaired) electrons. The first-order valence-corrected chi connectivity index (χ1v) is 9.94. The molecule has 0 saturated carbocycles. The molecule has 1 amide bonds. The molecule has 0 bridgehead atoms. The smallest absolute Gasteiger partial charge is 0.275 e. The van der Waals surface area contributed by atoms with E-state index < -0.39 is 0 Å². The molecule has 2 aliphatic heterocycles. The van der Waals surface area contributed by atoms with Crippen molar-refractivity contribution < 1.29 is 4.79 Å². The van der Waals surface area contributed by atoms with Crippen LogP contribution in [-0.4, -0.2) is 46.3 Å². The Morgan fingerprint density at radius 3 is 2.74 bits per heavy atom. The molecule has 2 N–H and O–H groups in total. The number of nitrogens with zero attached hydrogens (tertiary/aromatic N) is 3. The van der Waals surface area contributed by atoms with Crippen LogP contribution in [-0.2, 0) is 7.05 Å². The summed E-state index contributed by atoms with van der Waals surface area (Å²) in [5.41, 5.74) is 9.88. The standard InChI is InChI=1S/C20H26ClN5O/c1-13-4-3-5-15(10-13)16-11-22-23-18(16)14-6-8-26(9-7-14)20(27)19-17(21)12-25(2)24-19/h3-5,10,12,14,16,18,22-23H,6-9,11H2,1-2H3. The second kappa shape index (κ2) is 7.62. The molecule has 2 atom stereocenters. The largest absolute Gasteiger partial charge is 0.337 e. The van der Waals surface area contributed by atoms with Gasteiger partial charge in [0.05, 0.1) is 5.02 Å². The molecule has 2 saturated heterocycles. The highest BCUT2D eigenvalue weighted by Crippen LogP contribution is 2.33. The van der Waals surface area contributed by atoms with Crippen LogP contribution in [0.3, 0.4) is 0 Å². The van der Waals surface area contributed by atoms with Crippen molar-refractivity contribution in [2.75, 3.05) is 19.6 Å². The predicted octanol–water partition coefficient (Wildman–Crippen LogP) is 2.49. The van der Waals surface area contributed by atoms with E-state index in [2.05, 4.69) is 47.1 Å². The Morgan fingerprint density at radius 1 is 1.30 bits per heavy atom. The zero-order valence-corrected chi connectivity index (χ0v) is 16.5. The zero-order chi connectivity index (χ0) is 19.0. The predicted molar refractivity (Wildman–Crippen MR) is 106 cm³/mol. The van der Waals surface area contributed by atoms with Crippen LogP contribution in [0.4, 0.5) is 0 Å². The van der Waals surface area contributed by atoms with Crippen molar-refractivity contribution >= 4 is 17.5 Å². The lowest BCUT2D eigenvalue weighted by molar-refractivity contribution is 0.0663. The van der Waals surface area contributed by atoms with E-state index in [1.807, 2.05) is 4.90 Å². The summed E-state index contributed by atoms with van der Waals surface area (Å²) in [6.45, 7) is 4.57. The summed E-state index contributed by atoms with van der Waals surface area (Å²) in [4.78, 5) is 14.6. The van der Waals surface area contributed by atoms with Gasteiger partial charge in [0.15, 0.2) is 5.69 Å². The Morgan fingerprint density at radius 2 is 2.07 bits per heavy atom. The quantitative estimate of drug-likeness (QED) is 0.849. The van der Waals surface area contributed by atoms with Crippen LogP contribution in [0, 0.1) is 12.8 Å². The minimum Gasteiger partial charge on any atom is -0.337 e. The maximum absolute atomic E-state index is 12.7. The number of halogens is 1. The number of aromatic nitrogens is 2. The van der Waals surface area contributed by atoms with E-state index in [0.717, 1.165) is 32.5 Å². The molecule has 1 aromatic heterocycles. The highest BCUT2D eigenvalue weighted by molar-refractivity contribution is 6.33. The number of aryl methyl sites for hydroxylation is 2. The first kappa shape index (κ1) is 18.5. The van der Waals surface area contributed by atoms with E-state index in [1.54, 1.807) is 17.9 Å². The second-order valence-electron chi connectivity index (χ2n) is 7.70. The molecule has 27 heavy (non-hydrogen) atoms. The number of likely N-dealkylation sites (tertiary alicyclic amines) is 1. The van der Waals surface area contributed by atoms with Gasteiger partial charge in [-0.2, -0.15) is 5.10 Å². The Balaban J connectivity index is 1.41. The summed E-state index contributed by atoms with van der Waals surface area (Å²) in [6, 6.07) is 9.18. The van der Waals surface area contributed by atoms with Crippen LogP contribution in [0.15, 0.2) is 30.5 Å². The van der Waals surface area contributed by atoms with Crippen LogP contribution >= 0.6 is 11.6 Å². The normalized spacial score (nSPS) is 23.7. The van der Waals surface area contributed by atoms with Crippen LogP contribution in [0.2, 0.25) is 5.02 Å². The third-order valence-corrected chi connectivity index (χ3v) is 6.09. The minimum absolute atomic E-state index is 0.0632. The molecule has 0 aliphatic carbocycles. The summed E-state index contributed by atoms with van der Waals surface area (Å²) in [6.07, 6.45) is 3.64. The van der Waals surface area contributed by atoms with Gasteiger partial charge in [0, 0.05) is 44.8 Å². The number of nitrogens with one attached hydrogen (secondary N) is 2. The summed E-state index contributed by atoms with van der Waals surface area (Å²) in [7, 11) is 1.78. The topological polar surface area (TPSA) is 62.2 Å². The number of amides is 1. The average Bonchev–Trinajstić information content (AvgIpc) is 3.27. The fourth-order valence-electron chi connectivity index (χ4n) is 4.40. The molecule has 0 spiro atoms. The van der Waals surface area contributed by atoms with Crippen molar-refractivity contribution in [2.45, 2.75) is 31.7 Å². The van der Waals surface area contributed by atoms with Gasteiger partial charge in [0.25, 0.3) is 5.91 Å². The van der Waals surface area contributed by atoms with Gasteiger partial charge in [-0.15, -0.1) is 0 Å². The molecule has 1 aromatic carbocycles. The molecule has 4 rings (SSSR count). The lowest BCUT2D eigenvalue weighted by atomic mass is 9.80. The third kappa shape index (κ3) is 3.74. The van der Waals surface area contributed by atoms with E-state index in [4.69, 9.17) is 11.6 Å². The molecule has 2 fully saturated rings. The first-order chi connectivity index (χ1) is 13.0. The monoisotopic (exact) mass is 387 g/mol. The number of rotatable bonds is 3. The van der Waals surface area contributed by atoms with Gasteiger partial charge >= 0.3 is 0 Å². The van der Waals surface area contributed by atoms with E-state index in [-0.39, 0.29) is 5.91 Å². The number of hydrogen-bond acceptors (Lipinski definition) is 4. The van der Waals surface area contributed by atoms with Gasteiger partial charge in [-0.1, -0.05) is 41.4 Å². The second-order valence-corrected chi connectivity index (χ2v) is 8.11. The highest BCUT2D eigenvalue weighted by Gasteiger charge is 2.37. The Labute approximate surface area is 164 Å². The third-order valence-electron chi connectivity index (χ3n) is 5.82. The van der Waals surface area contributed by atoms with Gasteiger partial charge in [-0.3, -0.25) is 20.3 Å². The Bertz CT molecular complexity index is 828. The van der Waals surface area contributed by atoms with E-state index >= 15 is 0 Å². The number of hydrazine groups is 1. The van der Waals surface area contributed by atoms with Crippen molar-refractivity contribution in [1.29, 1.82) is 0 Å². The summed E-state index contributed by atoms with van der Waals surface area (Å²) in [5, 5.41) is 4.63. The van der Waals surface area contributed by atoms with Gasteiger partial charge in [0.1, 0.15) is 0 Å². The lowest BCUT2D eigenvalue weighted by Gasteiger charge is -2.36. The van der Waals surface area contributed by atoms with Gasteiger partial charge < -0.3 is 4.90 Å². The highest BCUT2D eigenvalue weighted by atomic mass is 35.5. The molecule has 2 aromatic rings. The molecule has 3 heterocycles. The molecule has 6 nitrogen and oxygen atoms in total. The number of hydrogen-bond donors (Lipinski definition) is 2. The summed E-state index contributed by atoms with van der Waals surface area (Å²) >= 11 is 6.14. The fraction of sp³-hybridized carbons (Fsp3) is 0.500. The first-order valence-electron chi connectivity index (χ1n) is 9.56. The Hall–Kier alpha value is -1.89. The number of carbonyl (C=O) groups is 1. The molecule has 2 unspecified atom stereocenters. The maximum atomic E-state index is 12.7. The van der Waals surface area contributed by atoms with Crippen LogP contribution in [0.1, 0.15) is 40.4 Å². The molecular formula is C20H26ClN5O. The van der Waals surface area contributed by atoms with Gasteiger partial charge in [-0.05, 0) is 31.2 Å². The molecule has 7 heteroatoms. The SMILES string of the molecule is Cc1cccc(C2CNNC2C2CCN(C(=O)c3nn(C)cc3Cl)CC2)c1. The van der Waals surface area contributed by atoms with Crippen LogP contribution < -0.4 is 10.9 Å². The maximum Gasteiger partial charge on any atom is 0.275 e. The fourth-order valence-corrected chi connectivity index (χ4v) is 4.66. The molecule has 144 valence electrons. The van der Waals surface area contributed by atoms with Crippen molar-refractivity contribution in [2.24, 2.45) is 13.0 Å². The summed E-state index contributed by atoms with van der Waals surface area (Å²) in [5.74, 6) is 0.933. The van der Waals surface area contributed by atoms with Crippen molar-refractivity contribution in [1.82, 2.24) is 25.5 Å². The van der Waals surface area contributed by atoms with Crippen LogP contribution in [0.5, 0.6) is 0 Å². The lowest BCUT2D eigenvalue weighted by Crippen LogP contribution is -2.46. The zero-order valence-electron chi connectivity index (χ0n) is 15.8. The van der Waals surface area contributed by atoms with E-state index in [0.29, 0.717) is 28.6 Å².